The maximum atomic E-state index is 5.39. The molecule has 0 aliphatic carbocycles. The van der Waals surface area contributed by atoms with Gasteiger partial charge >= 0.3 is 174 Å². The Balaban J connectivity index is -0.0000000659. The van der Waals surface area contributed by atoms with Gasteiger partial charge in [0.05, 0.1) is 0 Å². The molecular formula is C26H58OW3. The Hall–Kier alpha value is 1.63. The second kappa shape index (κ2) is 18.0. The van der Waals surface area contributed by atoms with Crippen LogP contribution in [-0.2, 0) is 62.8 Å². The fraction of sp³-hybridized carbons (Fsp3) is 0.885. The van der Waals surface area contributed by atoms with Gasteiger partial charge in [-0.3, -0.25) is 0 Å². The summed E-state index contributed by atoms with van der Waals surface area (Å²) in [5, 5.41) is 0. The zero-order chi connectivity index (χ0) is 25.0. The zero-order valence-corrected chi connectivity index (χ0v) is 31.5. The third-order valence-electron chi connectivity index (χ3n) is 4.29. The van der Waals surface area contributed by atoms with Crippen molar-refractivity contribution in [2.75, 3.05) is 0 Å². The van der Waals surface area contributed by atoms with E-state index in [1.165, 1.54) is 19.4 Å². The maximum absolute atomic E-state index is 5.39. The SMILES string of the molecule is C.CC(C)C(C)(C)C.C[C](=[W])C(C)(C)C.C[C](=[W])C(C)(C)C.C[C](=[W])OC(C)(C)C.[HH]. The quantitative estimate of drug-likeness (QED) is 0.256. The first-order valence-electron chi connectivity index (χ1n) is 10.5. The van der Waals surface area contributed by atoms with Crippen molar-refractivity contribution in [3.05, 3.63) is 0 Å². The Labute approximate surface area is 227 Å². The Morgan fingerprint density at radius 1 is 0.633 bits per heavy atom. The van der Waals surface area contributed by atoms with Crippen LogP contribution in [0, 0.1) is 22.2 Å². The van der Waals surface area contributed by atoms with Crippen molar-refractivity contribution in [2.24, 2.45) is 22.2 Å². The first-order valence-corrected chi connectivity index (χ1v) is 14.9. The third kappa shape index (κ3) is 40.0. The van der Waals surface area contributed by atoms with Crippen LogP contribution in [0.15, 0.2) is 0 Å². The van der Waals surface area contributed by atoms with Crippen molar-refractivity contribution in [3.8, 4) is 0 Å². The van der Waals surface area contributed by atoms with Crippen LogP contribution in [0.2, 0.25) is 0 Å². The summed E-state index contributed by atoms with van der Waals surface area (Å²) in [5.74, 6) is 0.799. The molecule has 0 amide bonds. The molecule has 0 atom stereocenters. The molecule has 1 nitrogen and oxygen atoms in total. The Morgan fingerprint density at radius 3 is 0.800 bits per heavy atom. The number of hydrogen-bond donors (Lipinski definition) is 0. The predicted octanol–water partition coefficient (Wildman–Crippen LogP) is 8.61. The molecule has 0 unspecified atom stereocenters. The molecule has 0 saturated carbocycles. The van der Waals surface area contributed by atoms with Gasteiger partial charge < -0.3 is 0 Å². The summed E-state index contributed by atoms with van der Waals surface area (Å²) in [6.07, 6.45) is 0. The first-order chi connectivity index (χ1) is 12.2. The van der Waals surface area contributed by atoms with E-state index >= 15 is 0 Å². The third-order valence-corrected chi connectivity index (χ3v) is 8.99. The van der Waals surface area contributed by atoms with Gasteiger partial charge in [-0.1, -0.05) is 42.0 Å². The van der Waals surface area contributed by atoms with Crippen molar-refractivity contribution in [2.45, 2.75) is 131 Å². The molecule has 0 fully saturated rings. The van der Waals surface area contributed by atoms with Crippen LogP contribution in [0.3, 0.4) is 0 Å². The van der Waals surface area contributed by atoms with E-state index in [2.05, 4.69) is 111 Å². The molecule has 4 heteroatoms. The van der Waals surface area contributed by atoms with Gasteiger partial charge in [0, 0.05) is 1.43 Å². The Kier molecular flexibility index (Phi) is 25.1. The molecule has 30 heavy (non-hydrogen) atoms. The van der Waals surface area contributed by atoms with Crippen LogP contribution >= 0.6 is 0 Å². The van der Waals surface area contributed by atoms with Crippen LogP contribution in [0.25, 0.3) is 0 Å². The summed E-state index contributed by atoms with van der Waals surface area (Å²) in [6, 6.07) is 0. The second-order valence-electron chi connectivity index (χ2n) is 11.8. The summed E-state index contributed by atoms with van der Waals surface area (Å²) in [4.78, 5) is 0. The molecule has 0 aliphatic rings. The largest absolute Gasteiger partial charge is 0 e. The van der Waals surface area contributed by atoms with E-state index in [0.29, 0.717) is 16.2 Å². The second-order valence-corrected chi connectivity index (χ2v) is 18.3. The van der Waals surface area contributed by atoms with E-state index in [-0.39, 0.29) is 14.5 Å². The average molecular weight is 938 g/mol. The molecule has 0 radical (unpaired) electrons. The van der Waals surface area contributed by atoms with Crippen molar-refractivity contribution >= 4 is 11.9 Å². The van der Waals surface area contributed by atoms with Crippen molar-refractivity contribution in [1.29, 1.82) is 0 Å². The Bertz CT molecular complexity index is 459. The smallest absolute Gasteiger partial charge is 0 e. The van der Waals surface area contributed by atoms with Crippen LogP contribution in [0.5, 0.6) is 0 Å². The molecule has 186 valence electrons. The molecule has 0 aliphatic heterocycles. The van der Waals surface area contributed by atoms with Crippen LogP contribution in [0.1, 0.15) is 127 Å². The molecule has 0 saturated heterocycles. The van der Waals surface area contributed by atoms with Gasteiger partial charge in [-0.2, -0.15) is 0 Å². The minimum atomic E-state index is 0. The van der Waals surface area contributed by atoms with Crippen molar-refractivity contribution in [3.63, 3.8) is 0 Å². The monoisotopic (exact) mass is 938 g/mol. The molecule has 0 rings (SSSR count). The summed E-state index contributed by atoms with van der Waals surface area (Å²) >= 11 is 4.64. The fourth-order valence-electron chi connectivity index (χ4n) is 0.431. The van der Waals surface area contributed by atoms with E-state index in [1.807, 2.05) is 6.92 Å². The summed E-state index contributed by atoms with van der Waals surface area (Å²) in [5.41, 5.74) is 1.41. The maximum Gasteiger partial charge on any atom is 0 e. The predicted molar refractivity (Wildman–Crippen MR) is 135 cm³/mol. The van der Waals surface area contributed by atoms with Gasteiger partial charge in [0.25, 0.3) is 0 Å². The van der Waals surface area contributed by atoms with E-state index in [9.17, 15) is 0 Å². The summed E-state index contributed by atoms with van der Waals surface area (Å²) in [6.45, 7) is 37.3. The summed E-state index contributed by atoms with van der Waals surface area (Å²) < 4.78 is 9.65. The molecule has 0 spiro atoms. The molecule has 0 bridgehead atoms. The van der Waals surface area contributed by atoms with Gasteiger partial charge in [-0.15, -0.1) is 0 Å². The number of hydrogen-bond acceptors (Lipinski definition) is 1. The van der Waals surface area contributed by atoms with Crippen LogP contribution in [0.4, 0.5) is 0 Å². The molecule has 0 aromatic carbocycles. The van der Waals surface area contributed by atoms with E-state index in [1.54, 1.807) is 46.5 Å². The minimum Gasteiger partial charge on any atom is 0 e. The van der Waals surface area contributed by atoms with Gasteiger partial charge in [0.1, 0.15) is 0 Å². The summed E-state index contributed by atoms with van der Waals surface area (Å²) in [7, 11) is 0. The number of ether oxygens (including phenoxy) is 1. The standard InChI is InChI=1S/C7H16.C6H12O.2C6H12.CH4.3W.H2/c1-6(2)7(3,4)5;1-5-7-6(2,3)4;2*1-5-6(2,3)4;;;;;/h6H,1-5H3;1-4H3;2*1-4H3;1H4;;;;1H. The molecule has 0 aromatic heterocycles. The average Bonchev–Trinajstić information content (AvgIpc) is 2.33. The molecule has 0 N–H and O–H groups in total. The van der Waals surface area contributed by atoms with Gasteiger partial charge in [0.2, 0.25) is 0 Å². The molecular weight excluding hydrogens is 880 g/mol. The van der Waals surface area contributed by atoms with Crippen molar-refractivity contribution < 1.29 is 64.2 Å². The fourth-order valence-corrected chi connectivity index (χ4v) is 1.33. The minimum absolute atomic E-state index is 0. The normalized spacial score (nSPS) is 11.4. The van der Waals surface area contributed by atoms with Gasteiger partial charge in [-0.05, 0) is 11.3 Å². The zero-order valence-electron chi connectivity index (χ0n) is 22.7. The molecule has 0 heterocycles. The number of rotatable bonds is 1. The Morgan fingerprint density at radius 2 is 0.800 bits per heavy atom. The van der Waals surface area contributed by atoms with Crippen molar-refractivity contribution in [1.82, 2.24) is 0 Å². The van der Waals surface area contributed by atoms with E-state index < -0.39 is 0 Å². The topological polar surface area (TPSA) is 9.23 Å². The van der Waals surface area contributed by atoms with Gasteiger partial charge in [-0.25, -0.2) is 0 Å². The molecule has 0 aromatic rings. The van der Waals surface area contributed by atoms with Gasteiger partial charge in [0.15, 0.2) is 0 Å². The van der Waals surface area contributed by atoms with Crippen LogP contribution in [-0.4, -0.2) is 17.5 Å². The first kappa shape index (κ1) is 41.9. The van der Waals surface area contributed by atoms with Crippen LogP contribution < -0.4 is 0 Å². The van der Waals surface area contributed by atoms with E-state index in [0.717, 1.165) is 10.0 Å². The van der Waals surface area contributed by atoms with E-state index in [4.69, 9.17) is 4.74 Å².